The number of hydrogen-bond donors (Lipinski definition) is 0. The van der Waals surface area contributed by atoms with E-state index in [2.05, 4.69) is 0 Å². The Kier molecular flexibility index (Phi) is 6.13. The van der Waals surface area contributed by atoms with E-state index in [0.717, 1.165) is 18.6 Å². The van der Waals surface area contributed by atoms with Crippen LogP contribution in [0.5, 0.6) is 11.5 Å². The van der Waals surface area contributed by atoms with Crippen molar-refractivity contribution >= 4 is 23.4 Å². The number of carbonyl (C=O) groups is 2. The van der Waals surface area contributed by atoms with Gasteiger partial charge >= 0.3 is 0 Å². The number of piperidine rings is 1. The van der Waals surface area contributed by atoms with Gasteiger partial charge in [0.1, 0.15) is 6.61 Å². The van der Waals surface area contributed by atoms with E-state index < -0.39 is 0 Å². The van der Waals surface area contributed by atoms with Crippen molar-refractivity contribution < 1.29 is 19.1 Å². The highest BCUT2D eigenvalue weighted by Crippen LogP contribution is 2.31. The lowest BCUT2D eigenvalue weighted by Gasteiger charge is -2.35. The summed E-state index contributed by atoms with van der Waals surface area (Å²) in [7, 11) is 1.78. The highest BCUT2D eigenvalue weighted by atomic mass is 35.5. The molecular formula is C23H25ClN2O4. The quantitative estimate of drug-likeness (QED) is 0.748. The van der Waals surface area contributed by atoms with Crippen molar-refractivity contribution in [1.29, 1.82) is 0 Å². The van der Waals surface area contributed by atoms with Crippen molar-refractivity contribution in [2.75, 3.05) is 33.3 Å². The number of fused-ring (bicyclic) bond motifs is 1. The molecule has 1 saturated heterocycles. The maximum Gasteiger partial charge on any atom is 0.253 e. The summed E-state index contributed by atoms with van der Waals surface area (Å²) in [5.41, 5.74) is 0.590. The first kappa shape index (κ1) is 20.5. The van der Waals surface area contributed by atoms with Gasteiger partial charge in [-0.25, -0.2) is 0 Å². The molecule has 0 radical (unpaired) electrons. The molecule has 2 aromatic rings. The number of likely N-dealkylation sites (tertiary alicyclic amines) is 1. The second kappa shape index (κ2) is 8.96. The molecule has 6 nitrogen and oxygen atoms in total. The van der Waals surface area contributed by atoms with E-state index in [9.17, 15) is 9.59 Å². The molecule has 2 heterocycles. The minimum absolute atomic E-state index is 0.0334. The van der Waals surface area contributed by atoms with Gasteiger partial charge in [0, 0.05) is 30.7 Å². The van der Waals surface area contributed by atoms with Crippen LogP contribution < -0.4 is 9.47 Å². The normalized spacial score (nSPS) is 20.5. The third-order valence-electron chi connectivity index (χ3n) is 5.57. The van der Waals surface area contributed by atoms with E-state index in [1.165, 1.54) is 0 Å². The SMILES string of the molecule is CN(CC1COc2ccccc2O1)C(=O)C1CCCN(C(=O)c2ccc(Cl)cc2)C1. The number of carbonyl (C=O) groups excluding carboxylic acids is 2. The Hall–Kier alpha value is -2.73. The summed E-state index contributed by atoms with van der Waals surface area (Å²) < 4.78 is 11.7. The van der Waals surface area contributed by atoms with Crippen LogP contribution in [0.25, 0.3) is 0 Å². The fourth-order valence-corrected chi connectivity index (χ4v) is 4.12. The van der Waals surface area contributed by atoms with Crippen LogP contribution in [0.4, 0.5) is 0 Å². The molecule has 2 aromatic carbocycles. The van der Waals surface area contributed by atoms with Crippen LogP contribution in [-0.2, 0) is 4.79 Å². The van der Waals surface area contributed by atoms with E-state index in [1.807, 2.05) is 24.3 Å². The van der Waals surface area contributed by atoms with Crippen LogP contribution in [0, 0.1) is 5.92 Å². The highest BCUT2D eigenvalue weighted by molar-refractivity contribution is 6.30. The lowest BCUT2D eigenvalue weighted by Crippen LogP contribution is -2.48. The monoisotopic (exact) mass is 428 g/mol. The maximum absolute atomic E-state index is 13.0. The average molecular weight is 429 g/mol. The van der Waals surface area contributed by atoms with Gasteiger partial charge in [0.25, 0.3) is 5.91 Å². The van der Waals surface area contributed by atoms with Gasteiger partial charge in [0.05, 0.1) is 12.5 Å². The summed E-state index contributed by atoms with van der Waals surface area (Å²) in [6, 6.07) is 14.4. The number of hydrogen-bond acceptors (Lipinski definition) is 4. The summed E-state index contributed by atoms with van der Waals surface area (Å²) in [4.78, 5) is 29.3. The Morgan fingerprint density at radius 3 is 2.63 bits per heavy atom. The minimum Gasteiger partial charge on any atom is -0.486 e. The number of halogens is 1. The first-order valence-corrected chi connectivity index (χ1v) is 10.6. The topological polar surface area (TPSA) is 59.1 Å². The van der Waals surface area contributed by atoms with Crippen LogP contribution >= 0.6 is 11.6 Å². The molecule has 0 N–H and O–H groups in total. The molecule has 0 aromatic heterocycles. The van der Waals surface area contributed by atoms with Gasteiger partial charge in [-0.2, -0.15) is 0 Å². The third-order valence-corrected chi connectivity index (χ3v) is 5.82. The van der Waals surface area contributed by atoms with Gasteiger partial charge < -0.3 is 19.3 Å². The summed E-state index contributed by atoms with van der Waals surface area (Å²) >= 11 is 5.92. The van der Waals surface area contributed by atoms with Crippen molar-refractivity contribution in [3.8, 4) is 11.5 Å². The van der Waals surface area contributed by atoms with Crippen molar-refractivity contribution in [1.82, 2.24) is 9.80 Å². The maximum atomic E-state index is 13.0. The molecule has 2 aliphatic rings. The van der Waals surface area contributed by atoms with Crippen molar-refractivity contribution in [2.24, 2.45) is 5.92 Å². The van der Waals surface area contributed by atoms with Crippen molar-refractivity contribution in [2.45, 2.75) is 18.9 Å². The van der Waals surface area contributed by atoms with Crippen molar-refractivity contribution in [3.05, 3.63) is 59.1 Å². The highest BCUT2D eigenvalue weighted by Gasteiger charge is 2.32. The molecule has 158 valence electrons. The average Bonchev–Trinajstić information content (AvgIpc) is 2.78. The minimum atomic E-state index is -0.218. The van der Waals surface area contributed by atoms with E-state index >= 15 is 0 Å². The lowest BCUT2D eigenvalue weighted by molar-refractivity contribution is -0.137. The molecule has 1 fully saturated rings. The third kappa shape index (κ3) is 4.54. The molecule has 4 rings (SSSR count). The van der Waals surface area contributed by atoms with Gasteiger partial charge in [-0.1, -0.05) is 23.7 Å². The van der Waals surface area contributed by atoms with Crippen LogP contribution in [-0.4, -0.2) is 61.0 Å². The Morgan fingerprint density at radius 2 is 1.87 bits per heavy atom. The summed E-state index contributed by atoms with van der Waals surface area (Å²) in [5.74, 6) is 1.19. The number of para-hydroxylation sites is 2. The molecule has 2 unspecified atom stereocenters. The van der Waals surface area contributed by atoms with E-state index in [0.29, 0.717) is 42.6 Å². The molecule has 30 heavy (non-hydrogen) atoms. The van der Waals surface area contributed by atoms with Crippen LogP contribution in [0.15, 0.2) is 48.5 Å². The predicted octanol–water partition coefficient (Wildman–Crippen LogP) is 3.49. The van der Waals surface area contributed by atoms with Crippen molar-refractivity contribution in [3.63, 3.8) is 0 Å². The summed E-state index contributed by atoms with van der Waals surface area (Å²) in [6.07, 6.45) is 1.36. The summed E-state index contributed by atoms with van der Waals surface area (Å²) in [5, 5.41) is 0.594. The zero-order valence-electron chi connectivity index (χ0n) is 16.9. The van der Waals surface area contributed by atoms with E-state index in [1.54, 1.807) is 41.1 Å². The van der Waals surface area contributed by atoms with Crippen LogP contribution in [0.3, 0.4) is 0 Å². The van der Waals surface area contributed by atoms with Gasteiger partial charge in [0.15, 0.2) is 17.6 Å². The largest absolute Gasteiger partial charge is 0.486 e. The van der Waals surface area contributed by atoms with Crippen LogP contribution in [0.2, 0.25) is 5.02 Å². The zero-order valence-corrected chi connectivity index (χ0v) is 17.7. The molecule has 2 aliphatic heterocycles. The van der Waals surface area contributed by atoms with Crippen LogP contribution in [0.1, 0.15) is 23.2 Å². The van der Waals surface area contributed by atoms with E-state index in [-0.39, 0.29) is 23.8 Å². The molecule has 0 bridgehead atoms. The Bertz CT molecular complexity index is 918. The number of rotatable bonds is 4. The molecule has 2 amide bonds. The van der Waals surface area contributed by atoms with Gasteiger partial charge in [-0.3, -0.25) is 9.59 Å². The second-order valence-electron chi connectivity index (χ2n) is 7.81. The molecule has 0 aliphatic carbocycles. The number of nitrogens with zero attached hydrogens (tertiary/aromatic N) is 2. The lowest BCUT2D eigenvalue weighted by atomic mass is 9.96. The van der Waals surface area contributed by atoms with Gasteiger partial charge in [-0.15, -0.1) is 0 Å². The fourth-order valence-electron chi connectivity index (χ4n) is 4.00. The molecular weight excluding hydrogens is 404 g/mol. The summed E-state index contributed by atoms with van der Waals surface area (Å²) in [6.45, 7) is 1.93. The van der Waals surface area contributed by atoms with Gasteiger partial charge in [0.2, 0.25) is 5.91 Å². The molecule has 7 heteroatoms. The number of ether oxygens (including phenoxy) is 2. The Balaban J connectivity index is 1.34. The van der Waals surface area contributed by atoms with Gasteiger partial charge in [-0.05, 0) is 49.2 Å². The predicted molar refractivity (Wildman–Crippen MR) is 114 cm³/mol. The Labute approximate surface area is 181 Å². The number of likely N-dealkylation sites (N-methyl/N-ethyl adjacent to an activating group) is 1. The molecule has 0 saturated carbocycles. The second-order valence-corrected chi connectivity index (χ2v) is 8.25. The first-order valence-electron chi connectivity index (χ1n) is 10.2. The zero-order chi connectivity index (χ0) is 21.1. The fraction of sp³-hybridized carbons (Fsp3) is 0.391. The van der Waals surface area contributed by atoms with E-state index in [4.69, 9.17) is 21.1 Å². The number of benzene rings is 2. The smallest absolute Gasteiger partial charge is 0.253 e. The Morgan fingerprint density at radius 1 is 1.13 bits per heavy atom. The molecule has 2 atom stereocenters. The molecule has 0 spiro atoms. The first-order chi connectivity index (χ1) is 14.5. The number of amides is 2. The standard InChI is InChI=1S/C23H25ClN2O4/c1-25(14-19-15-29-20-6-2-3-7-21(20)30-19)22(27)17-5-4-12-26(13-17)23(28)16-8-10-18(24)11-9-16/h2-3,6-11,17,19H,4-5,12-15H2,1H3.